The molecule has 0 aromatic carbocycles. The summed E-state index contributed by atoms with van der Waals surface area (Å²) < 4.78 is 5.66. The van der Waals surface area contributed by atoms with E-state index in [1.165, 1.54) is 44.1 Å². The zero-order chi connectivity index (χ0) is 21.7. The molecule has 0 aromatic heterocycles. The Bertz CT molecular complexity index is 800. The first-order valence-corrected chi connectivity index (χ1v) is 12.6. The van der Waals surface area contributed by atoms with Crippen LogP contribution in [-0.2, 0) is 9.53 Å². The van der Waals surface area contributed by atoms with E-state index < -0.39 is 11.5 Å². The van der Waals surface area contributed by atoms with Gasteiger partial charge in [0.1, 0.15) is 6.10 Å². The van der Waals surface area contributed by atoms with E-state index in [-0.39, 0.29) is 17.5 Å². The first kappa shape index (κ1) is 21.0. The van der Waals surface area contributed by atoms with Crippen LogP contribution in [0.3, 0.4) is 0 Å². The van der Waals surface area contributed by atoms with Gasteiger partial charge < -0.3 is 9.84 Å². The second-order valence-electron chi connectivity index (χ2n) is 12.6. The van der Waals surface area contributed by atoms with Crippen molar-refractivity contribution < 1.29 is 14.6 Å². The van der Waals surface area contributed by atoms with Crippen molar-refractivity contribution in [2.75, 3.05) is 0 Å². The number of cyclic esters (lactones) is 1. The van der Waals surface area contributed by atoms with Crippen LogP contribution in [0.25, 0.3) is 0 Å². The minimum Gasteiger partial charge on any atom is -0.455 e. The molecule has 3 saturated carbocycles. The number of hydrogen-bond donors (Lipinski definition) is 1. The van der Waals surface area contributed by atoms with E-state index in [9.17, 15) is 9.90 Å². The molecule has 3 nitrogen and oxygen atoms in total. The van der Waals surface area contributed by atoms with E-state index >= 15 is 0 Å². The van der Waals surface area contributed by atoms with Crippen LogP contribution in [-0.4, -0.2) is 23.3 Å². The second kappa shape index (κ2) is 6.36. The molecule has 3 fully saturated rings. The maximum Gasteiger partial charge on any atom is 0.335 e. The van der Waals surface area contributed by atoms with Crippen molar-refractivity contribution in [2.24, 2.45) is 39.4 Å². The Morgan fingerprint density at radius 3 is 2.40 bits per heavy atom. The highest BCUT2D eigenvalue weighted by Crippen LogP contribution is 2.73. The van der Waals surface area contributed by atoms with Crippen LogP contribution in [0, 0.1) is 39.4 Å². The van der Waals surface area contributed by atoms with Crippen LogP contribution >= 0.6 is 0 Å². The molecule has 1 heterocycles. The molecule has 168 valence electrons. The molecular weight excluding hydrogens is 372 g/mol. The third-order valence-corrected chi connectivity index (χ3v) is 11.7. The SMILES string of the molecule is CCC1(C)CCCC2(C)C1CCC1(C)C2CC(O)C2(C)C3=C(CCC12)C(C)OC3=O. The molecule has 9 atom stereocenters. The number of aliphatic hydroxyl groups is 1. The fourth-order valence-corrected chi connectivity index (χ4v) is 10.0. The monoisotopic (exact) mass is 414 g/mol. The molecule has 5 aliphatic rings. The molecule has 4 aliphatic carbocycles. The van der Waals surface area contributed by atoms with E-state index in [0.29, 0.717) is 22.7 Å². The third kappa shape index (κ3) is 2.34. The number of esters is 1. The van der Waals surface area contributed by atoms with Gasteiger partial charge in [-0.2, -0.15) is 0 Å². The molecule has 0 saturated heterocycles. The van der Waals surface area contributed by atoms with E-state index in [4.69, 9.17) is 4.74 Å². The average Bonchev–Trinajstić information content (AvgIpc) is 2.98. The maximum atomic E-state index is 12.9. The Kier molecular flexibility index (Phi) is 4.46. The molecule has 9 unspecified atom stereocenters. The molecule has 3 heteroatoms. The number of fused-ring (bicyclic) bond motifs is 6. The molecular formula is C27H42O3. The van der Waals surface area contributed by atoms with E-state index in [1.54, 1.807) is 0 Å². The van der Waals surface area contributed by atoms with Gasteiger partial charge in [0, 0.05) is 11.0 Å². The molecule has 0 radical (unpaired) electrons. The minimum absolute atomic E-state index is 0.111. The van der Waals surface area contributed by atoms with Crippen molar-refractivity contribution in [1.82, 2.24) is 0 Å². The van der Waals surface area contributed by atoms with Gasteiger partial charge in [-0.25, -0.2) is 4.79 Å². The summed E-state index contributed by atoms with van der Waals surface area (Å²) in [6, 6.07) is 0. The summed E-state index contributed by atoms with van der Waals surface area (Å²) in [7, 11) is 0. The summed E-state index contributed by atoms with van der Waals surface area (Å²) in [5.41, 5.74) is 2.51. The van der Waals surface area contributed by atoms with E-state index in [1.807, 2.05) is 6.92 Å². The molecule has 30 heavy (non-hydrogen) atoms. The number of carbonyl (C=O) groups excluding carboxylic acids is 1. The van der Waals surface area contributed by atoms with Crippen molar-refractivity contribution >= 4 is 5.97 Å². The smallest absolute Gasteiger partial charge is 0.335 e. The highest BCUT2D eigenvalue weighted by Gasteiger charge is 2.69. The number of carbonyl (C=O) groups is 1. The summed E-state index contributed by atoms with van der Waals surface area (Å²) >= 11 is 0. The van der Waals surface area contributed by atoms with Gasteiger partial charge in [-0.05, 0) is 91.4 Å². The number of rotatable bonds is 1. The second-order valence-corrected chi connectivity index (χ2v) is 12.6. The number of hydrogen-bond acceptors (Lipinski definition) is 3. The average molecular weight is 415 g/mol. The van der Waals surface area contributed by atoms with Crippen LogP contribution in [0.15, 0.2) is 11.1 Å². The summed E-state index contributed by atoms with van der Waals surface area (Å²) in [5.74, 6) is 1.51. The van der Waals surface area contributed by atoms with Gasteiger partial charge in [-0.1, -0.05) is 47.5 Å². The molecule has 5 rings (SSSR count). The normalized spacial score (nSPS) is 55.3. The Hall–Kier alpha value is -0.830. The molecule has 0 aromatic rings. The van der Waals surface area contributed by atoms with Gasteiger partial charge in [-0.3, -0.25) is 0 Å². The summed E-state index contributed by atoms with van der Waals surface area (Å²) in [4.78, 5) is 12.9. The van der Waals surface area contributed by atoms with Gasteiger partial charge in [0.05, 0.1) is 6.10 Å². The fourth-order valence-electron chi connectivity index (χ4n) is 10.0. The first-order valence-electron chi connectivity index (χ1n) is 12.6. The van der Waals surface area contributed by atoms with Gasteiger partial charge in [0.15, 0.2) is 0 Å². The topological polar surface area (TPSA) is 46.5 Å². The summed E-state index contributed by atoms with van der Waals surface area (Å²) in [5, 5.41) is 11.7. The van der Waals surface area contributed by atoms with Gasteiger partial charge >= 0.3 is 5.97 Å². The lowest BCUT2D eigenvalue weighted by molar-refractivity contribution is -0.220. The lowest BCUT2D eigenvalue weighted by Crippen LogP contribution is -2.65. The van der Waals surface area contributed by atoms with Crippen LogP contribution in [0.1, 0.15) is 99.3 Å². The Labute approximate surface area is 183 Å². The molecule has 0 spiro atoms. The zero-order valence-electron chi connectivity index (χ0n) is 20.0. The Morgan fingerprint density at radius 2 is 1.70 bits per heavy atom. The van der Waals surface area contributed by atoms with Crippen molar-refractivity contribution in [3.8, 4) is 0 Å². The zero-order valence-corrected chi connectivity index (χ0v) is 20.0. The first-order chi connectivity index (χ1) is 14.0. The van der Waals surface area contributed by atoms with Crippen molar-refractivity contribution in [2.45, 2.75) is 112 Å². The quantitative estimate of drug-likeness (QED) is 0.531. The van der Waals surface area contributed by atoms with Crippen LogP contribution in [0.2, 0.25) is 0 Å². The lowest BCUT2D eigenvalue weighted by Gasteiger charge is -2.70. The fraction of sp³-hybridized carbons (Fsp3) is 0.889. The van der Waals surface area contributed by atoms with Crippen molar-refractivity contribution in [1.29, 1.82) is 0 Å². The van der Waals surface area contributed by atoms with Gasteiger partial charge in [0.2, 0.25) is 0 Å². The van der Waals surface area contributed by atoms with Crippen LogP contribution < -0.4 is 0 Å². The molecule has 0 amide bonds. The predicted molar refractivity (Wildman–Crippen MR) is 119 cm³/mol. The maximum absolute atomic E-state index is 12.9. The lowest BCUT2D eigenvalue weighted by atomic mass is 9.35. The van der Waals surface area contributed by atoms with Crippen molar-refractivity contribution in [3.63, 3.8) is 0 Å². The molecule has 1 aliphatic heterocycles. The minimum atomic E-state index is -0.452. The standard InChI is InChI=1S/C27H42O3/c1-7-24(3)12-8-13-25(4)18(24)11-14-26(5)19-10-9-17-16(2)30-23(29)22(17)27(19,6)21(28)15-20(25)26/h16,18-21,28H,7-15H2,1-6H3. The number of aliphatic hydroxyl groups excluding tert-OH is 1. The summed E-state index contributed by atoms with van der Waals surface area (Å²) in [6.07, 6.45) is 10.1. The highest BCUT2D eigenvalue weighted by atomic mass is 16.5. The predicted octanol–water partition coefficient (Wildman–Crippen LogP) is 6.05. The number of ether oxygens (including phenoxy) is 1. The van der Waals surface area contributed by atoms with Crippen LogP contribution in [0.4, 0.5) is 0 Å². The van der Waals surface area contributed by atoms with E-state index in [0.717, 1.165) is 30.8 Å². The van der Waals surface area contributed by atoms with Crippen molar-refractivity contribution in [3.05, 3.63) is 11.1 Å². The summed E-state index contributed by atoms with van der Waals surface area (Å²) in [6.45, 7) is 14.2. The van der Waals surface area contributed by atoms with Crippen LogP contribution in [0.5, 0.6) is 0 Å². The Morgan fingerprint density at radius 1 is 1.00 bits per heavy atom. The van der Waals surface area contributed by atoms with E-state index in [2.05, 4.69) is 34.6 Å². The van der Waals surface area contributed by atoms with Gasteiger partial charge in [0.25, 0.3) is 0 Å². The molecule has 1 N–H and O–H groups in total. The third-order valence-electron chi connectivity index (χ3n) is 11.7. The highest BCUT2D eigenvalue weighted by molar-refractivity contribution is 5.94. The van der Waals surface area contributed by atoms with Gasteiger partial charge in [-0.15, -0.1) is 0 Å². The Balaban J connectivity index is 1.59. The largest absolute Gasteiger partial charge is 0.455 e. The molecule has 0 bridgehead atoms.